The number of carbonyl (C=O) groups excluding carboxylic acids is 1. The van der Waals surface area contributed by atoms with Gasteiger partial charge in [0.15, 0.2) is 5.92 Å². The van der Waals surface area contributed by atoms with Gasteiger partial charge in [-0.1, -0.05) is 13.8 Å². The minimum absolute atomic E-state index is 0.211. The van der Waals surface area contributed by atoms with Gasteiger partial charge in [-0.2, -0.15) is 14.0 Å². The van der Waals surface area contributed by atoms with Crippen molar-refractivity contribution in [1.29, 1.82) is 5.26 Å². The molecule has 1 atom stereocenters. The Hall–Kier alpha value is -1.97. The average Bonchev–Trinajstić information content (AvgIpc) is 2.76. The zero-order valence-corrected chi connectivity index (χ0v) is 10.1. The molecule has 1 heterocycles. The molecule has 0 saturated carbocycles. The normalized spacial score (nSPS) is 12.5. The highest BCUT2D eigenvalue weighted by Crippen LogP contribution is 2.19. The van der Waals surface area contributed by atoms with Crippen molar-refractivity contribution in [3.63, 3.8) is 0 Å². The van der Waals surface area contributed by atoms with E-state index in [2.05, 4.69) is 10.3 Å². The van der Waals surface area contributed by atoms with Gasteiger partial charge in [-0.15, -0.1) is 0 Å². The van der Waals surface area contributed by atoms with Crippen LogP contribution in [0.1, 0.15) is 32.1 Å². The number of amides is 1. The quantitative estimate of drug-likeness (QED) is 0.870. The van der Waals surface area contributed by atoms with Gasteiger partial charge in [0.1, 0.15) is 5.82 Å². The first-order valence-corrected chi connectivity index (χ1v) is 5.45. The predicted molar refractivity (Wildman–Crippen MR) is 59.7 cm³/mol. The summed E-state index contributed by atoms with van der Waals surface area (Å²) in [5.74, 6) is -1.97. The highest BCUT2D eigenvalue weighted by Gasteiger charge is 2.27. The van der Waals surface area contributed by atoms with Crippen LogP contribution in [-0.4, -0.2) is 22.0 Å². The number of imidazole rings is 1. The Balaban J connectivity index is 2.86. The molecule has 0 fully saturated rings. The van der Waals surface area contributed by atoms with Crippen LogP contribution in [0.15, 0.2) is 12.4 Å². The number of nitrogens with zero attached hydrogens (tertiary/aromatic N) is 3. The molecule has 7 heteroatoms. The third-order valence-electron chi connectivity index (χ3n) is 2.24. The summed E-state index contributed by atoms with van der Waals surface area (Å²) in [5, 5.41) is 11.5. The van der Waals surface area contributed by atoms with Crippen molar-refractivity contribution >= 4 is 5.91 Å². The first-order valence-electron chi connectivity index (χ1n) is 5.45. The van der Waals surface area contributed by atoms with Crippen LogP contribution in [0.2, 0.25) is 0 Å². The minimum Gasteiger partial charge on any atom is -0.354 e. The van der Waals surface area contributed by atoms with Crippen LogP contribution in [0.25, 0.3) is 0 Å². The van der Waals surface area contributed by atoms with Gasteiger partial charge >= 0.3 is 6.55 Å². The van der Waals surface area contributed by atoms with E-state index in [1.165, 1.54) is 0 Å². The molecule has 5 nitrogen and oxygen atoms in total. The van der Waals surface area contributed by atoms with Crippen LogP contribution in [0.4, 0.5) is 8.78 Å². The maximum absolute atomic E-state index is 12.6. The Kier molecular flexibility index (Phi) is 4.77. The zero-order valence-electron chi connectivity index (χ0n) is 10.1. The monoisotopic (exact) mass is 256 g/mol. The molecule has 98 valence electrons. The Labute approximate surface area is 103 Å². The van der Waals surface area contributed by atoms with Crippen molar-refractivity contribution in [2.75, 3.05) is 6.54 Å². The number of aromatic nitrogens is 2. The summed E-state index contributed by atoms with van der Waals surface area (Å²) >= 11 is 0. The van der Waals surface area contributed by atoms with Gasteiger partial charge in [0, 0.05) is 18.9 Å². The van der Waals surface area contributed by atoms with E-state index in [1.807, 2.05) is 13.8 Å². The van der Waals surface area contributed by atoms with Crippen LogP contribution in [-0.2, 0) is 4.79 Å². The van der Waals surface area contributed by atoms with E-state index < -0.39 is 18.4 Å². The lowest BCUT2D eigenvalue weighted by molar-refractivity contribution is -0.121. The lowest BCUT2D eigenvalue weighted by atomic mass is 10.1. The lowest BCUT2D eigenvalue weighted by Gasteiger charge is -2.13. The second kappa shape index (κ2) is 6.10. The van der Waals surface area contributed by atoms with Crippen molar-refractivity contribution in [1.82, 2.24) is 14.9 Å². The van der Waals surface area contributed by atoms with E-state index in [4.69, 9.17) is 5.26 Å². The Bertz CT molecular complexity index is 450. The van der Waals surface area contributed by atoms with Gasteiger partial charge in [0.2, 0.25) is 5.91 Å². The maximum atomic E-state index is 12.6. The van der Waals surface area contributed by atoms with E-state index in [-0.39, 0.29) is 11.7 Å². The molecule has 0 aromatic carbocycles. The van der Waals surface area contributed by atoms with Crippen molar-refractivity contribution in [3.05, 3.63) is 18.2 Å². The summed E-state index contributed by atoms with van der Waals surface area (Å²) in [6, 6.07) is 1.69. The number of carbonyl (C=O) groups is 1. The fourth-order valence-corrected chi connectivity index (χ4v) is 1.35. The summed E-state index contributed by atoms with van der Waals surface area (Å²) in [6.07, 6.45) is 2.18. The van der Waals surface area contributed by atoms with Gasteiger partial charge in [0.05, 0.1) is 6.07 Å². The Morgan fingerprint density at radius 1 is 1.61 bits per heavy atom. The molecule has 1 aromatic heterocycles. The molecule has 0 radical (unpaired) electrons. The maximum Gasteiger partial charge on any atom is 0.319 e. The van der Waals surface area contributed by atoms with Crippen molar-refractivity contribution in [2.45, 2.75) is 26.3 Å². The number of nitrogens with one attached hydrogen (secondary N) is 1. The van der Waals surface area contributed by atoms with E-state index in [9.17, 15) is 13.6 Å². The highest BCUT2D eigenvalue weighted by atomic mass is 19.3. The molecule has 1 N–H and O–H groups in total. The first-order chi connectivity index (χ1) is 8.47. The molecule has 0 aliphatic heterocycles. The van der Waals surface area contributed by atoms with Crippen LogP contribution >= 0.6 is 0 Å². The van der Waals surface area contributed by atoms with Gasteiger partial charge < -0.3 is 5.32 Å². The van der Waals surface area contributed by atoms with Crippen LogP contribution < -0.4 is 5.32 Å². The summed E-state index contributed by atoms with van der Waals surface area (Å²) in [5.41, 5.74) is 0. The molecular formula is C11H14F2N4O. The zero-order chi connectivity index (χ0) is 13.7. The van der Waals surface area contributed by atoms with Crippen LogP contribution in [0.3, 0.4) is 0 Å². The smallest absolute Gasteiger partial charge is 0.319 e. The molecular weight excluding hydrogens is 242 g/mol. The minimum atomic E-state index is -2.82. The fraction of sp³-hybridized carbons (Fsp3) is 0.545. The molecule has 0 spiro atoms. The fourth-order valence-electron chi connectivity index (χ4n) is 1.35. The van der Waals surface area contributed by atoms with Crippen molar-refractivity contribution in [3.8, 4) is 6.07 Å². The molecule has 1 rings (SSSR count). The molecule has 1 unspecified atom stereocenters. The number of hydrogen-bond acceptors (Lipinski definition) is 3. The summed E-state index contributed by atoms with van der Waals surface area (Å²) in [7, 11) is 0. The van der Waals surface area contributed by atoms with Crippen molar-refractivity contribution < 1.29 is 13.6 Å². The largest absolute Gasteiger partial charge is 0.354 e. The standard InChI is InChI=1S/C11H14F2N4O/c1-7(2)6-16-10(18)8(5-14)9-15-3-4-17(9)11(12)13/h3-4,7-8,11H,6H2,1-2H3,(H,16,18). The van der Waals surface area contributed by atoms with Gasteiger partial charge in [-0.3, -0.25) is 9.36 Å². The highest BCUT2D eigenvalue weighted by molar-refractivity contribution is 5.85. The van der Waals surface area contributed by atoms with Gasteiger partial charge in [0.25, 0.3) is 0 Å². The second-order valence-electron chi connectivity index (χ2n) is 4.17. The molecule has 0 aliphatic rings. The van der Waals surface area contributed by atoms with Crippen molar-refractivity contribution in [2.24, 2.45) is 5.92 Å². The number of alkyl halides is 2. The second-order valence-corrected chi connectivity index (χ2v) is 4.17. The molecule has 0 saturated heterocycles. The van der Waals surface area contributed by atoms with E-state index in [0.29, 0.717) is 11.1 Å². The van der Waals surface area contributed by atoms with E-state index in [0.717, 1.165) is 12.4 Å². The Morgan fingerprint density at radius 2 is 2.28 bits per heavy atom. The Morgan fingerprint density at radius 3 is 2.78 bits per heavy atom. The molecule has 1 aromatic rings. The summed E-state index contributed by atoms with van der Waals surface area (Å²) in [4.78, 5) is 15.4. The molecule has 1 amide bonds. The number of halogens is 2. The van der Waals surface area contributed by atoms with Crippen LogP contribution in [0.5, 0.6) is 0 Å². The topological polar surface area (TPSA) is 70.7 Å². The third kappa shape index (κ3) is 3.26. The summed E-state index contributed by atoms with van der Waals surface area (Å²) < 4.78 is 25.8. The third-order valence-corrected chi connectivity index (χ3v) is 2.24. The number of hydrogen-bond donors (Lipinski definition) is 1. The SMILES string of the molecule is CC(C)CNC(=O)C(C#N)c1nccn1C(F)F. The molecule has 18 heavy (non-hydrogen) atoms. The number of nitriles is 1. The average molecular weight is 256 g/mol. The molecule has 0 bridgehead atoms. The lowest BCUT2D eigenvalue weighted by Crippen LogP contribution is -2.33. The van der Waals surface area contributed by atoms with E-state index >= 15 is 0 Å². The number of rotatable bonds is 5. The first kappa shape index (κ1) is 14.1. The predicted octanol–water partition coefficient (Wildman–Crippen LogP) is 1.66. The van der Waals surface area contributed by atoms with Crippen LogP contribution in [0, 0.1) is 17.2 Å². The molecule has 0 aliphatic carbocycles. The summed E-state index contributed by atoms with van der Waals surface area (Å²) in [6.45, 7) is 1.34. The van der Waals surface area contributed by atoms with E-state index in [1.54, 1.807) is 6.07 Å². The van der Waals surface area contributed by atoms with Gasteiger partial charge in [-0.25, -0.2) is 4.98 Å². The van der Waals surface area contributed by atoms with Gasteiger partial charge in [-0.05, 0) is 5.92 Å².